The number of piperidine rings is 1. The van der Waals surface area contributed by atoms with E-state index >= 15 is 0 Å². The zero-order valence-corrected chi connectivity index (χ0v) is 14.7. The molecule has 5 nitrogen and oxygen atoms in total. The summed E-state index contributed by atoms with van der Waals surface area (Å²) < 4.78 is 0. The Morgan fingerprint density at radius 1 is 1.35 bits per heavy atom. The zero-order chi connectivity index (χ0) is 17.2. The van der Waals surface area contributed by atoms with Crippen molar-refractivity contribution >= 4 is 35.0 Å². The van der Waals surface area contributed by atoms with E-state index in [-0.39, 0.29) is 12.5 Å². The first-order valence-corrected chi connectivity index (χ1v) is 8.16. The van der Waals surface area contributed by atoms with Gasteiger partial charge in [0, 0.05) is 27.1 Å². The van der Waals surface area contributed by atoms with Gasteiger partial charge in [0.25, 0.3) is 5.91 Å². The van der Waals surface area contributed by atoms with Crippen molar-refractivity contribution in [3.63, 3.8) is 0 Å². The molecule has 1 fully saturated rings. The maximum atomic E-state index is 12.6. The second kappa shape index (κ2) is 7.07. The molecule has 0 spiro atoms. The number of rotatable bonds is 3. The summed E-state index contributed by atoms with van der Waals surface area (Å²) in [4.78, 5) is 27.1. The van der Waals surface area contributed by atoms with Gasteiger partial charge in [0.2, 0.25) is 5.91 Å². The molecule has 0 aliphatic carbocycles. The molecule has 0 radical (unpaired) electrons. The molecule has 1 atom stereocenters. The SMILES string of the molecule is CC(=O)N1CCC[C@@](O)(C(=O)N(C)Cc2ccc(Cl)c(Cl)c2)C1. The Labute approximate surface area is 145 Å². The number of halogens is 2. The highest BCUT2D eigenvalue weighted by Crippen LogP contribution is 2.26. The fraction of sp³-hybridized carbons (Fsp3) is 0.500. The minimum absolute atomic E-state index is 0.0346. The predicted molar refractivity (Wildman–Crippen MR) is 89.4 cm³/mol. The number of carbonyl (C=O) groups excluding carboxylic acids is 2. The van der Waals surface area contributed by atoms with Crippen LogP contribution in [0.2, 0.25) is 10.0 Å². The molecule has 126 valence electrons. The Hall–Kier alpha value is -1.30. The van der Waals surface area contributed by atoms with Crippen LogP contribution in [0.15, 0.2) is 18.2 Å². The van der Waals surface area contributed by atoms with E-state index in [0.717, 1.165) is 5.56 Å². The van der Waals surface area contributed by atoms with Crippen molar-refractivity contribution in [1.29, 1.82) is 0 Å². The van der Waals surface area contributed by atoms with Crippen molar-refractivity contribution < 1.29 is 14.7 Å². The number of amides is 2. The number of nitrogens with zero attached hydrogens (tertiary/aromatic N) is 2. The summed E-state index contributed by atoms with van der Waals surface area (Å²) in [5.41, 5.74) is -0.715. The summed E-state index contributed by atoms with van der Waals surface area (Å²) in [7, 11) is 1.62. The first kappa shape index (κ1) is 18.0. The van der Waals surface area contributed by atoms with E-state index in [1.807, 2.05) is 0 Å². The van der Waals surface area contributed by atoms with Crippen molar-refractivity contribution in [3.05, 3.63) is 33.8 Å². The van der Waals surface area contributed by atoms with Crippen LogP contribution in [0.3, 0.4) is 0 Å². The summed E-state index contributed by atoms with van der Waals surface area (Å²) in [6.45, 7) is 2.35. The third kappa shape index (κ3) is 4.16. The lowest BCUT2D eigenvalue weighted by atomic mass is 9.91. The Bertz CT molecular complexity index is 623. The van der Waals surface area contributed by atoms with E-state index in [1.165, 1.54) is 16.7 Å². The first-order valence-electron chi connectivity index (χ1n) is 7.40. The molecule has 2 amide bonds. The summed E-state index contributed by atoms with van der Waals surface area (Å²) in [6.07, 6.45) is 0.948. The van der Waals surface area contributed by atoms with Gasteiger partial charge in [-0.1, -0.05) is 29.3 Å². The number of likely N-dealkylation sites (tertiary alicyclic amines) is 1. The van der Waals surface area contributed by atoms with Gasteiger partial charge in [0.05, 0.1) is 16.6 Å². The zero-order valence-electron chi connectivity index (χ0n) is 13.2. The Morgan fingerprint density at radius 2 is 2.04 bits per heavy atom. The predicted octanol–water partition coefficient (Wildman–Crippen LogP) is 2.33. The second-order valence-electron chi connectivity index (χ2n) is 5.99. The minimum Gasteiger partial charge on any atom is -0.378 e. The number of benzene rings is 1. The third-order valence-corrected chi connectivity index (χ3v) is 4.80. The quantitative estimate of drug-likeness (QED) is 0.901. The third-order valence-electron chi connectivity index (χ3n) is 4.06. The summed E-state index contributed by atoms with van der Waals surface area (Å²) >= 11 is 11.9. The van der Waals surface area contributed by atoms with Gasteiger partial charge in [-0.15, -0.1) is 0 Å². The van der Waals surface area contributed by atoms with Crippen LogP contribution in [0.4, 0.5) is 0 Å². The van der Waals surface area contributed by atoms with E-state index in [2.05, 4.69) is 0 Å². The Kier molecular flexibility index (Phi) is 5.55. The van der Waals surface area contributed by atoms with Gasteiger partial charge < -0.3 is 14.9 Å². The van der Waals surface area contributed by atoms with Gasteiger partial charge in [-0.05, 0) is 30.5 Å². The fourth-order valence-corrected chi connectivity index (χ4v) is 3.14. The fourth-order valence-electron chi connectivity index (χ4n) is 2.82. The molecule has 7 heteroatoms. The van der Waals surface area contributed by atoms with Gasteiger partial charge in [-0.2, -0.15) is 0 Å². The molecule has 2 rings (SSSR count). The van der Waals surface area contributed by atoms with Crippen molar-refractivity contribution in [2.75, 3.05) is 20.1 Å². The first-order chi connectivity index (χ1) is 10.7. The Balaban J connectivity index is 2.08. The van der Waals surface area contributed by atoms with E-state index in [4.69, 9.17) is 23.2 Å². The normalized spacial score (nSPS) is 21.2. The topological polar surface area (TPSA) is 60.9 Å². The maximum absolute atomic E-state index is 12.6. The molecule has 1 saturated heterocycles. The average molecular weight is 359 g/mol. The molecule has 1 aromatic carbocycles. The number of likely N-dealkylation sites (N-methyl/N-ethyl adjacent to an activating group) is 1. The van der Waals surface area contributed by atoms with Gasteiger partial charge in [0.1, 0.15) is 0 Å². The van der Waals surface area contributed by atoms with E-state index in [0.29, 0.717) is 36.0 Å². The van der Waals surface area contributed by atoms with Gasteiger partial charge >= 0.3 is 0 Å². The van der Waals surface area contributed by atoms with Crippen molar-refractivity contribution in [2.24, 2.45) is 0 Å². The molecular weight excluding hydrogens is 339 g/mol. The van der Waals surface area contributed by atoms with Crippen LogP contribution in [0.1, 0.15) is 25.3 Å². The highest BCUT2D eigenvalue weighted by molar-refractivity contribution is 6.42. The van der Waals surface area contributed by atoms with Crippen LogP contribution in [0, 0.1) is 0 Å². The Morgan fingerprint density at radius 3 is 2.65 bits per heavy atom. The van der Waals surface area contributed by atoms with E-state index < -0.39 is 11.5 Å². The highest BCUT2D eigenvalue weighted by atomic mass is 35.5. The summed E-state index contributed by atoms with van der Waals surface area (Å²) in [5, 5.41) is 11.5. The molecule has 1 aromatic rings. The number of carbonyl (C=O) groups is 2. The van der Waals surface area contributed by atoms with Gasteiger partial charge in [-0.25, -0.2) is 0 Å². The molecule has 0 saturated carbocycles. The smallest absolute Gasteiger partial charge is 0.256 e. The summed E-state index contributed by atoms with van der Waals surface area (Å²) in [5.74, 6) is -0.530. The van der Waals surface area contributed by atoms with Gasteiger partial charge in [0.15, 0.2) is 5.60 Å². The molecule has 1 aliphatic rings. The standard InChI is InChI=1S/C16H20Cl2N2O3/c1-11(21)20-7-3-6-16(23,10-20)15(22)19(2)9-12-4-5-13(17)14(18)8-12/h4-5,8,23H,3,6-7,9-10H2,1-2H3/t16-/m0/s1. The number of β-amino-alcohol motifs (C(OH)–C–C–N with tert-alkyl or cyclic N) is 1. The van der Waals surface area contributed by atoms with Crippen molar-refractivity contribution in [1.82, 2.24) is 9.80 Å². The number of hydrogen-bond donors (Lipinski definition) is 1. The van der Waals surface area contributed by atoms with Crippen LogP contribution in [-0.2, 0) is 16.1 Å². The number of hydrogen-bond acceptors (Lipinski definition) is 3. The maximum Gasteiger partial charge on any atom is 0.256 e. The van der Waals surface area contributed by atoms with Crippen LogP contribution in [0.25, 0.3) is 0 Å². The molecule has 0 unspecified atom stereocenters. The van der Waals surface area contributed by atoms with E-state index in [1.54, 1.807) is 25.2 Å². The molecule has 1 N–H and O–H groups in total. The van der Waals surface area contributed by atoms with Gasteiger partial charge in [-0.3, -0.25) is 9.59 Å². The molecule has 1 heterocycles. The average Bonchev–Trinajstić information content (AvgIpc) is 2.50. The molecule has 23 heavy (non-hydrogen) atoms. The monoisotopic (exact) mass is 358 g/mol. The molecule has 0 aromatic heterocycles. The molecule has 0 bridgehead atoms. The lowest BCUT2D eigenvalue weighted by molar-refractivity contribution is -0.159. The van der Waals surface area contributed by atoms with Crippen molar-refractivity contribution in [2.45, 2.75) is 31.9 Å². The molecular formula is C16H20Cl2N2O3. The molecule has 1 aliphatic heterocycles. The minimum atomic E-state index is -1.53. The van der Waals surface area contributed by atoms with Crippen LogP contribution < -0.4 is 0 Å². The van der Waals surface area contributed by atoms with Crippen LogP contribution in [0.5, 0.6) is 0 Å². The van der Waals surface area contributed by atoms with Crippen LogP contribution in [-0.4, -0.2) is 52.5 Å². The largest absolute Gasteiger partial charge is 0.378 e. The lowest BCUT2D eigenvalue weighted by Gasteiger charge is -2.39. The van der Waals surface area contributed by atoms with Crippen LogP contribution >= 0.6 is 23.2 Å². The lowest BCUT2D eigenvalue weighted by Crippen LogP contribution is -2.58. The summed E-state index contributed by atoms with van der Waals surface area (Å²) in [6, 6.07) is 5.15. The second-order valence-corrected chi connectivity index (χ2v) is 6.80. The highest BCUT2D eigenvalue weighted by Gasteiger charge is 2.42. The number of aliphatic hydroxyl groups is 1. The van der Waals surface area contributed by atoms with Crippen molar-refractivity contribution in [3.8, 4) is 0 Å². The van der Waals surface area contributed by atoms with E-state index in [9.17, 15) is 14.7 Å².